The zero-order valence-corrected chi connectivity index (χ0v) is 19.7. The molecular formula is C24H29N3O4S. The van der Waals surface area contributed by atoms with Gasteiger partial charge in [-0.2, -0.15) is 0 Å². The molecule has 7 nitrogen and oxygen atoms in total. The number of carbonyl (C=O) groups excluding carboxylic acids is 2. The number of methoxy groups -OCH3 is 2. The van der Waals surface area contributed by atoms with Crippen LogP contribution in [0.25, 0.3) is 0 Å². The molecule has 170 valence electrons. The summed E-state index contributed by atoms with van der Waals surface area (Å²) in [6.07, 6.45) is 1.91. The van der Waals surface area contributed by atoms with Gasteiger partial charge < -0.3 is 14.8 Å². The molecule has 0 aliphatic carbocycles. The van der Waals surface area contributed by atoms with E-state index < -0.39 is 5.25 Å². The average molecular weight is 456 g/mol. The van der Waals surface area contributed by atoms with Crippen LogP contribution >= 0.6 is 11.8 Å². The summed E-state index contributed by atoms with van der Waals surface area (Å²) in [4.78, 5) is 32.2. The lowest BCUT2D eigenvalue weighted by atomic mass is 10.2. The van der Waals surface area contributed by atoms with E-state index in [2.05, 4.69) is 12.2 Å². The molecule has 0 aromatic heterocycles. The lowest BCUT2D eigenvalue weighted by Gasteiger charge is -2.16. The first kappa shape index (κ1) is 23.7. The molecule has 1 aliphatic heterocycles. The lowest BCUT2D eigenvalue weighted by molar-refractivity contribution is -0.128. The fourth-order valence-corrected chi connectivity index (χ4v) is 4.51. The lowest BCUT2D eigenvalue weighted by Crippen LogP contribution is -2.34. The van der Waals surface area contributed by atoms with Crippen LogP contribution in [0.15, 0.2) is 47.5 Å². The van der Waals surface area contributed by atoms with E-state index >= 15 is 0 Å². The van der Waals surface area contributed by atoms with Gasteiger partial charge in [0.1, 0.15) is 5.25 Å². The Balaban J connectivity index is 1.74. The molecule has 1 saturated heterocycles. The van der Waals surface area contributed by atoms with E-state index in [1.54, 1.807) is 30.2 Å². The molecule has 32 heavy (non-hydrogen) atoms. The Hall–Kier alpha value is -3.00. The maximum atomic E-state index is 13.1. The van der Waals surface area contributed by atoms with Gasteiger partial charge >= 0.3 is 0 Å². The number of anilines is 1. The number of aliphatic imine (C=N–C) groups is 1. The number of ether oxygens (including phenoxy) is 2. The van der Waals surface area contributed by atoms with Gasteiger partial charge in [-0.05, 0) is 37.1 Å². The predicted molar refractivity (Wildman–Crippen MR) is 129 cm³/mol. The second-order valence-electron chi connectivity index (χ2n) is 7.45. The molecule has 1 unspecified atom stereocenters. The van der Waals surface area contributed by atoms with Crippen LogP contribution < -0.4 is 14.8 Å². The summed E-state index contributed by atoms with van der Waals surface area (Å²) in [7, 11) is 3.09. The largest absolute Gasteiger partial charge is 0.493 e. The molecule has 1 heterocycles. The van der Waals surface area contributed by atoms with Crippen LogP contribution in [-0.4, -0.2) is 47.9 Å². The summed E-state index contributed by atoms with van der Waals surface area (Å²) in [6, 6.07) is 13.0. The van der Waals surface area contributed by atoms with Crippen molar-refractivity contribution in [3.8, 4) is 11.5 Å². The van der Waals surface area contributed by atoms with Gasteiger partial charge in [-0.15, -0.1) is 0 Å². The van der Waals surface area contributed by atoms with E-state index in [4.69, 9.17) is 14.5 Å². The molecule has 0 spiro atoms. The molecule has 1 fully saturated rings. The van der Waals surface area contributed by atoms with Crippen molar-refractivity contribution < 1.29 is 19.1 Å². The van der Waals surface area contributed by atoms with E-state index in [1.165, 1.54) is 18.9 Å². The maximum absolute atomic E-state index is 13.1. The van der Waals surface area contributed by atoms with Crippen LogP contribution in [-0.2, 0) is 9.59 Å². The molecular weight excluding hydrogens is 426 g/mol. The Morgan fingerprint density at radius 2 is 1.91 bits per heavy atom. The number of amidine groups is 1. The molecule has 1 N–H and O–H groups in total. The van der Waals surface area contributed by atoms with Crippen molar-refractivity contribution in [3.05, 3.63) is 48.0 Å². The fourth-order valence-electron chi connectivity index (χ4n) is 3.33. The zero-order valence-electron chi connectivity index (χ0n) is 18.9. The van der Waals surface area contributed by atoms with Crippen LogP contribution in [0.2, 0.25) is 0 Å². The van der Waals surface area contributed by atoms with Crippen molar-refractivity contribution in [2.24, 2.45) is 4.99 Å². The quantitative estimate of drug-likeness (QED) is 0.589. The Morgan fingerprint density at radius 3 is 2.59 bits per heavy atom. The number of thioether (sulfide) groups is 1. The highest BCUT2D eigenvalue weighted by molar-refractivity contribution is 8.15. The minimum absolute atomic E-state index is 0.0628. The minimum Gasteiger partial charge on any atom is -0.493 e. The predicted octanol–water partition coefficient (Wildman–Crippen LogP) is 4.77. The topological polar surface area (TPSA) is 80.2 Å². The fraction of sp³-hybridized carbons (Fsp3) is 0.375. The molecule has 1 aliphatic rings. The van der Waals surface area contributed by atoms with Crippen LogP contribution in [0.1, 0.15) is 31.7 Å². The first-order chi connectivity index (χ1) is 15.5. The highest BCUT2D eigenvalue weighted by Crippen LogP contribution is 2.34. The van der Waals surface area contributed by atoms with E-state index in [9.17, 15) is 9.59 Å². The minimum atomic E-state index is -0.505. The first-order valence-electron chi connectivity index (χ1n) is 10.6. The number of hydrogen-bond donors (Lipinski definition) is 1. The third kappa shape index (κ3) is 5.62. The standard InChI is InChI=1S/C24H29N3O4S/c1-5-6-13-27-23(29)21(32-24(27)26-18-10-8-7-9-16(18)2)15-22(28)25-17-11-12-19(30-3)20(14-17)31-4/h7-12,14,21H,5-6,13,15H2,1-4H3,(H,25,28). The second kappa shape index (κ2) is 11.0. The Bertz CT molecular complexity index is 1010. The second-order valence-corrected chi connectivity index (χ2v) is 8.62. The van der Waals surface area contributed by atoms with E-state index in [-0.39, 0.29) is 18.2 Å². The molecule has 2 aromatic carbocycles. The molecule has 0 saturated carbocycles. The van der Waals surface area contributed by atoms with Crippen LogP contribution in [0.4, 0.5) is 11.4 Å². The summed E-state index contributed by atoms with van der Waals surface area (Å²) in [5.74, 6) is 0.791. The number of benzene rings is 2. The smallest absolute Gasteiger partial charge is 0.242 e. The zero-order chi connectivity index (χ0) is 23.1. The molecule has 1 atom stereocenters. The average Bonchev–Trinajstić information content (AvgIpc) is 3.07. The summed E-state index contributed by atoms with van der Waals surface area (Å²) in [5.41, 5.74) is 2.46. The molecule has 0 radical (unpaired) electrons. The van der Waals surface area contributed by atoms with Gasteiger partial charge in [-0.3, -0.25) is 14.5 Å². The van der Waals surface area contributed by atoms with Crippen molar-refractivity contribution in [1.82, 2.24) is 4.90 Å². The van der Waals surface area contributed by atoms with Gasteiger partial charge in [-0.25, -0.2) is 4.99 Å². The molecule has 2 amide bonds. The van der Waals surface area contributed by atoms with Gasteiger partial charge in [0.05, 0.1) is 19.9 Å². The third-order valence-electron chi connectivity index (χ3n) is 5.12. The molecule has 2 aromatic rings. The summed E-state index contributed by atoms with van der Waals surface area (Å²) in [5, 5.41) is 3.00. The number of nitrogens with zero attached hydrogens (tertiary/aromatic N) is 2. The maximum Gasteiger partial charge on any atom is 0.242 e. The Morgan fingerprint density at radius 1 is 1.16 bits per heavy atom. The number of aryl methyl sites for hydroxylation is 1. The number of nitrogens with one attached hydrogen (secondary N) is 1. The summed E-state index contributed by atoms with van der Waals surface area (Å²) < 4.78 is 10.5. The first-order valence-corrected chi connectivity index (χ1v) is 11.5. The summed E-state index contributed by atoms with van der Waals surface area (Å²) in [6.45, 7) is 4.67. The van der Waals surface area contributed by atoms with Crippen molar-refractivity contribution in [1.29, 1.82) is 0 Å². The number of para-hydroxylation sites is 1. The Labute approximate surface area is 193 Å². The van der Waals surface area contributed by atoms with Crippen molar-refractivity contribution in [2.45, 2.75) is 38.4 Å². The van der Waals surface area contributed by atoms with Crippen LogP contribution in [0, 0.1) is 6.92 Å². The molecule has 8 heteroatoms. The van der Waals surface area contributed by atoms with Gasteiger partial charge in [0.25, 0.3) is 0 Å². The van der Waals surface area contributed by atoms with Crippen molar-refractivity contribution in [3.63, 3.8) is 0 Å². The molecule has 0 bridgehead atoms. The SMILES string of the molecule is CCCCN1C(=O)C(CC(=O)Nc2ccc(OC)c(OC)c2)SC1=Nc1ccccc1C. The third-order valence-corrected chi connectivity index (χ3v) is 6.30. The van der Waals surface area contributed by atoms with E-state index in [0.717, 1.165) is 24.1 Å². The van der Waals surface area contributed by atoms with Gasteiger partial charge in [0, 0.05) is 24.7 Å². The number of amides is 2. The van der Waals surface area contributed by atoms with Crippen molar-refractivity contribution >= 4 is 40.1 Å². The normalized spacial score (nSPS) is 17.0. The highest BCUT2D eigenvalue weighted by atomic mass is 32.2. The highest BCUT2D eigenvalue weighted by Gasteiger charge is 2.38. The van der Waals surface area contributed by atoms with Gasteiger partial charge in [0.15, 0.2) is 16.7 Å². The number of rotatable bonds is 9. The number of unbranched alkanes of at least 4 members (excludes halogenated alkanes) is 1. The summed E-state index contributed by atoms with van der Waals surface area (Å²) >= 11 is 1.35. The Kier molecular flexibility index (Phi) is 8.16. The van der Waals surface area contributed by atoms with E-state index in [1.807, 2.05) is 31.2 Å². The van der Waals surface area contributed by atoms with Gasteiger partial charge in [-0.1, -0.05) is 43.3 Å². The van der Waals surface area contributed by atoms with E-state index in [0.29, 0.717) is 28.9 Å². The van der Waals surface area contributed by atoms with Crippen LogP contribution in [0.3, 0.4) is 0 Å². The number of hydrogen-bond acceptors (Lipinski definition) is 6. The molecule has 3 rings (SSSR count). The monoisotopic (exact) mass is 455 g/mol. The van der Waals surface area contributed by atoms with Crippen LogP contribution in [0.5, 0.6) is 11.5 Å². The van der Waals surface area contributed by atoms with Gasteiger partial charge in [0.2, 0.25) is 11.8 Å². The van der Waals surface area contributed by atoms with Crippen molar-refractivity contribution in [2.75, 3.05) is 26.1 Å². The number of carbonyl (C=O) groups is 2.